The molecule has 4 rings (SSSR count). The molecule has 8 nitrogen and oxygen atoms in total. The summed E-state index contributed by atoms with van der Waals surface area (Å²) in [7, 11) is 0. The van der Waals surface area contributed by atoms with Gasteiger partial charge in [0, 0.05) is 17.1 Å². The summed E-state index contributed by atoms with van der Waals surface area (Å²) in [5.74, 6) is 6.31. The van der Waals surface area contributed by atoms with Crippen LogP contribution in [0.5, 0.6) is 0 Å². The highest BCUT2D eigenvalue weighted by atomic mass is 32.1. The predicted octanol–water partition coefficient (Wildman–Crippen LogP) is 2.74. The van der Waals surface area contributed by atoms with Crippen molar-refractivity contribution in [2.75, 3.05) is 24.3 Å². The molecule has 146 valence electrons. The Morgan fingerprint density at radius 1 is 1.36 bits per heavy atom. The number of fused-ring (bicyclic) bond motifs is 3. The van der Waals surface area contributed by atoms with Crippen LogP contribution in [0.15, 0.2) is 29.1 Å². The summed E-state index contributed by atoms with van der Waals surface area (Å²) in [6.45, 7) is 5.04. The van der Waals surface area contributed by atoms with Crippen molar-refractivity contribution in [1.82, 2.24) is 14.6 Å². The van der Waals surface area contributed by atoms with Gasteiger partial charge in [0.2, 0.25) is 5.95 Å². The molecule has 3 heterocycles. The molecule has 3 aromatic rings. The number of ether oxygens (including phenoxy) is 1. The fraction of sp³-hybridized carbons (Fsp3) is 0.316. The van der Waals surface area contributed by atoms with Crippen LogP contribution in [-0.4, -0.2) is 33.8 Å². The molecule has 0 atom stereocenters. The zero-order valence-corrected chi connectivity index (χ0v) is 16.5. The zero-order valence-electron chi connectivity index (χ0n) is 15.7. The van der Waals surface area contributed by atoms with Gasteiger partial charge in [0.15, 0.2) is 0 Å². The third-order valence-corrected chi connectivity index (χ3v) is 5.85. The Hall–Kier alpha value is -3.07. The molecule has 1 aromatic carbocycles. The van der Waals surface area contributed by atoms with Crippen molar-refractivity contribution in [2.24, 2.45) is 0 Å². The standard InChI is InChI=1S/C19H21N5O3S/c1-3-27-19(26)23-9-8-13-14(10-23)28-16-15(13)17(25)24(20)18(22-16)21-12-6-4-11(2)5-7-12/h4-7H,3,8-10,20H2,1-2H3,(H,21,22). The van der Waals surface area contributed by atoms with E-state index in [1.54, 1.807) is 11.8 Å². The van der Waals surface area contributed by atoms with Gasteiger partial charge in [-0.2, -0.15) is 4.68 Å². The fourth-order valence-corrected chi connectivity index (χ4v) is 4.51. The number of thiophene rings is 1. The highest BCUT2D eigenvalue weighted by molar-refractivity contribution is 7.18. The van der Waals surface area contributed by atoms with Crippen molar-refractivity contribution in [2.45, 2.75) is 26.8 Å². The Labute approximate surface area is 165 Å². The van der Waals surface area contributed by atoms with Crippen molar-refractivity contribution in [3.8, 4) is 0 Å². The van der Waals surface area contributed by atoms with E-state index in [9.17, 15) is 9.59 Å². The van der Waals surface area contributed by atoms with Crippen LogP contribution in [-0.2, 0) is 17.7 Å². The zero-order chi connectivity index (χ0) is 19.8. The number of benzene rings is 1. The number of nitrogens with two attached hydrogens (primary N) is 1. The number of hydrogen-bond acceptors (Lipinski definition) is 7. The van der Waals surface area contributed by atoms with Crippen LogP contribution in [0.4, 0.5) is 16.4 Å². The van der Waals surface area contributed by atoms with Crippen LogP contribution in [0.2, 0.25) is 0 Å². The molecule has 0 spiro atoms. The van der Waals surface area contributed by atoms with Gasteiger partial charge in [-0.15, -0.1) is 11.3 Å². The maximum absolute atomic E-state index is 12.9. The number of carbonyl (C=O) groups excluding carboxylic acids is 1. The smallest absolute Gasteiger partial charge is 0.410 e. The highest BCUT2D eigenvalue weighted by Gasteiger charge is 2.27. The van der Waals surface area contributed by atoms with Gasteiger partial charge in [-0.3, -0.25) is 4.79 Å². The maximum atomic E-state index is 12.9. The molecular weight excluding hydrogens is 378 g/mol. The average Bonchev–Trinajstić information content (AvgIpc) is 3.05. The number of nitrogen functional groups attached to an aromatic ring is 1. The summed E-state index contributed by atoms with van der Waals surface area (Å²) < 4.78 is 6.14. The molecule has 1 aliphatic heterocycles. The fourth-order valence-electron chi connectivity index (χ4n) is 3.28. The maximum Gasteiger partial charge on any atom is 0.410 e. The van der Waals surface area contributed by atoms with Crippen LogP contribution in [0.1, 0.15) is 22.9 Å². The molecular formula is C19H21N5O3S. The first-order chi connectivity index (χ1) is 13.5. The second-order valence-corrected chi connectivity index (χ2v) is 7.74. The van der Waals surface area contributed by atoms with Crippen LogP contribution < -0.4 is 16.7 Å². The molecule has 2 aromatic heterocycles. The van der Waals surface area contributed by atoms with Crippen molar-refractivity contribution in [3.05, 3.63) is 50.6 Å². The van der Waals surface area contributed by atoms with E-state index in [4.69, 9.17) is 10.6 Å². The van der Waals surface area contributed by atoms with Gasteiger partial charge >= 0.3 is 6.09 Å². The first-order valence-corrected chi connectivity index (χ1v) is 9.87. The van der Waals surface area contributed by atoms with Crippen LogP contribution in [0, 0.1) is 6.92 Å². The molecule has 0 saturated heterocycles. The Bertz CT molecular complexity index is 1100. The lowest BCUT2D eigenvalue weighted by atomic mass is 10.1. The molecule has 3 N–H and O–H groups in total. The summed E-state index contributed by atoms with van der Waals surface area (Å²) in [6.07, 6.45) is 0.243. The van der Waals surface area contributed by atoms with E-state index in [0.29, 0.717) is 36.3 Å². The largest absolute Gasteiger partial charge is 0.450 e. The lowest BCUT2D eigenvalue weighted by molar-refractivity contribution is 0.103. The van der Waals surface area contributed by atoms with Gasteiger partial charge in [-0.05, 0) is 38.0 Å². The van der Waals surface area contributed by atoms with E-state index in [0.717, 1.165) is 26.4 Å². The van der Waals surface area contributed by atoms with E-state index >= 15 is 0 Å². The van der Waals surface area contributed by atoms with Gasteiger partial charge in [0.1, 0.15) is 4.83 Å². The second-order valence-electron chi connectivity index (χ2n) is 6.66. The number of anilines is 2. The molecule has 0 unspecified atom stereocenters. The van der Waals surface area contributed by atoms with Crippen molar-refractivity contribution in [3.63, 3.8) is 0 Å². The molecule has 0 fully saturated rings. The molecule has 0 aliphatic carbocycles. The van der Waals surface area contributed by atoms with Crippen LogP contribution >= 0.6 is 11.3 Å². The molecule has 9 heteroatoms. The second kappa shape index (κ2) is 7.16. The Morgan fingerprint density at radius 2 is 2.11 bits per heavy atom. The number of hydrogen-bond donors (Lipinski definition) is 2. The molecule has 28 heavy (non-hydrogen) atoms. The number of amides is 1. The van der Waals surface area contributed by atoms with Gasteiger partial charge in [0.05, 0.1) is 18.5 Å². The van der Waals surface area contributed by atoms with Gasteiger partial charge in [-0.1, -0.05) is 17.7 Å². The summed E-state index contributed by atoms with van der Waals surface area (Å²) in [4.78, 5) is 32.7. The van der Waals surface area contributed by atoms with Crippen LogP contribution in [0.25, 0.3) is 10.2 Å². The third-order valence-electron chi connectivity index (χ3n) is 4.74. The van der Waals surface area contributed by atoms with Gasteiger partial charge < -0.3 is 20.8 Å². The Morgan fingerprint density at radius 3 is 2.82 bits per heavy atom. The third kappa shape index (κ3) is 3.18. The molecule has 1 amide bonds. The number of nitrogens with one attached hydrogen (secondary N) is 1. The predicted molar refractivity (Wildman–Crippen MR) is 110 cm³/mol. The summed E-state index contributed by atoms with van der Waals surface area (Å²) in [5, 5.41) is 3.65. The summed E-state index contributed by atoms with van der Waals surface area (Å²) in [5.41, 5.74) is 2.57. The SMILES string of the molecule is CCOC(=O)N1CCc2c(sc3nc(Nc4ccc(C)cc4)n(N)c(=O)c23)C1. The topological polar surface area (TPSA) is 102 Å². The first-order valence-electron chi connectivity index (χ1n) is 9.05. The van der Waals surface area contributed by atoms with E-state index in [2.05, 4.69) is 10.3 Å². The summed E-state index contributed by atoms with van der Waals surface area (Å²) >= 11 is 1.42. The Balaban J connectivity index is 1.71. The minimum absolute atomic E-state index is 0.280. The number of aromatic nitrogens is 2. The van der Waals surface area contributed by atoms with Crippen molar-refractivity contribution >= 4 is 39.3 Å². The number of carbonyl (C=O) groups is 1. The van der Waals surface area contributed by atoms with E-state index in [1.807, 2.05) is 31.2 Å². The quantitative estimate of drug-likeness (QED) is 0.657. The van der Waals surface area contributed by atoms with Gasteiger partial charge in [0.25, 0.3) is 5.56 Å². The minimum atomic E-state index is -0.337. The van der Waals surface area contributed by atoms with E-state index in [-0.39, 0.29) is 17.6 Å². The normalized spacial score (nSPS) is 13.4. The highest BCUT2D eigenvalue weighted by Crippen LogP contribution is 2.33. The number of rotatable bonds is 3. The minimum Gasteiger partial charge on any atom is -0.450 e. The van der Waals surface area contributed by atoms with Crippen LogP contribution in [0.3, 0.4) is 0 Å². The van der Waals surface area contributed by atoms with Crippen molar-refractivity contribution < 1.29 is 9.53 Å². The van der Waals surface area contributed by atoms with Crippen molar-refractivity contribution in [1.29, 1.82) is 0 Å². The molecule has 0 bridgehead atoms. The summed E-state index contributed by atoms with van der Waals surface area (Å²) in [6, 6.07) is 7.74. The monoisotopic (exact) mass is 399 g/mol. The number of nitrogens with zero attached hydrogens (tertiary/aromatic N) is 3. The average molecular weight is 399 g/mol. The molecule has 0 radical (unpaired) electrons. The molecule has 1 aliphatic rings. The Kier molecular flexibility index (Phi) is 4.68. The number of aryl methyl sites for hydroxylation is 1. The molecule has 0 saturated carbocycles. The van der Waals surface area contributed by atoms with E-state index in [1.165, 1.54) is 11.3 Å². The lowest BCUT2D eigenvalue weighted by Crippen LogP contribution is -2.36. The van der Waals surface area contributed by atoms with E-state index < -0.39 is 0 Å². The first kappa shape index (κ1) is 18.3. The lowest BCUT2D eigenvalue weighted by Gasteiger charge is -2.25. The van der Waals surface area contributed by atoms with Gasteiger partial charge in [-0.25, -0.2) is 9.78 Å².